The molecule has 352 valence electrons. The molecule has 0 N–H and O–H groups in total. The van der Waals surface area contributed by atoms with Gasteiger partial charge in [0, 0.05) is 19.3 Å². The van der Waals surface area contributed by atoms with Crippen molar-refractivity contribution in [2.75, 3.05) is 13.2 Å². The van der Waals surface area contributed by atoms with Crippen molar-refractivity contribution in [1.82, 2.24) is 0 Å². The monoisotopic (exact) mass is 853 g/mol. The first kappa shape index (κ1) is 58.1. The van der Waals surface area contributed by atoms with Crippen LogP contribution in [0.2, 0.25) is 0 Å². The quantitative estimate of drug-likeness (QED) is 0.0263. The molecule has 0 aromatic heterocycles. The zero-order valence-corrected chi connectivity index (χ0v) is 40.2. The van der Waals surface area contributed by atoms with Gasteiger partial charge in [-0.05, 0) is 83.5 Å². The average Bonchev–Trinajstić information content (AvgIpc) is 3.26. The van der Waals surface area contributed by atoms with E-state index in [2.05, 4.69) is 81.5 Å². The Kier molecular flexibility index (Phi) is 47.4. The van der Waals surface area contributed by atoms with Crippen LogP contribution in [0, 0.1) is 0 Å². The fourth-order valence-electron chi connectivity index (χ4n) is 7.05. The van der Waals surface area contributed by atoms with Crippen LogP contribution in [0.5, 0.6) is 0 Å². The smallest absolute Gasteiger partial charge is 0.306 e. The highest BCUT2D eigenvalue weighted by Crippen LogP contribution is 2.15. The van der Waals surface area contributed by atoms with E-state index in [0.717, 1.165) is 96.3 Å². The van der Waals surface area contributed by atoms with Crippen molar-refractivity contribution in [1.29, 1.82) is 0 Å². The second kappa shape index (κ2) is 49.8. The number of carbonyl (C=O) groups excluding carboxylic acids is 3. The highest BCUT2D eigenvalue weighted by Gasteiger charge is 2.19. The van der Waals surface area contributed by atoms with Crippen LogP contribution in [0.3, 0.4) is 0 Å². The third kappa shape index (κ3) is 48.0. The molecule has 0 saturated heterocycles. The van der Waals surface area contributed by atoms with Crippen molar-refractivity contribution in [3.63, 3.8) is 0 Å². The van der Waals surface area contributed by atoms with Gasteiger partial charge in [0.05, 0.1) is 0 Å². The molecule has 0 aromatic rings. The summed E-state index contributed by atoms with van der Waals surface area (Å²) in [4.78, 5) is 37.9. The Hall–Kier alpha value is -2.89. The van der Waals surface area contributed by atoms with Gasteiger partial charge in [-0.3, -0.25) is 14.4 Å². The summed E-state index contributed by atoms with van der Waals surface area (Å²) in [5.41, 5.74) is 0. The summed E-state index contributed by atoms with van der Waals surface area (Å²) in [5, 5.41) is 0. The van der Waals surface area contributed by atoms with E-state index in [4.69, 9.17) is 14.2 Å². The Morgan fingerprint density at radius 3 is 1.03 bits per heavy atom. The maximum atomic E-state index is 12.8. The molecule has 0 aliphatic carbocycles. The molecule has 0 bridgehead atoms. The van der Waals surface area contributed by atoms with Crippen LogP contribution in [0.4, 0.5) is 0 Å². The molecule has 0 radical (unpaired) electrons. The Morgan fingerprint density at radius 2 is 0.607 bits per heavy atom. The van der Waals surface area contributed by atoms with E-state index >= 15 is 0 Å². The first-order valence-electron chi connectivity index (χ1n) is 25.8. The van der Waals surface area contributed by atoms with Gasteiger partial charge in [0.2, 0.25) is 0 Å². The van der Waals surface area contributed by atoms with Gasteiger partial charge in [-0.1, -0.05) is 210 Å². The zero-order chi connectivity index (χ0) is 44.4. The highest BCUT2D eigenvalue weighted by molar-refractivity contribution is 5.71. The number of carbonyl (C=O) groups is 3. The molecule has 6 nitrogen and oxygen atoms in total. The Morgan fingerprint density at radius 1 is 0.328 bits per heavy atom. The summed E-state index contributed by atoms with van der Waals surface area (Å²) in [7, 11) is 0. The fraction of sp³-hybridized carbons (Fsp3) is 0.764. The van der Waals surface area contributed by atoms with Gasteiger partial charge in [0.15, 0.2) is 6.10 Å². The van der Waals surface area contributed by atoms with E-state index in [1.165, 1.54) is 116 Å². The minimum atomic E-state index is -0.794. The van der Waals surface area contributed by atoms with Gasteiger partial charge in [-0.25, -0.2) is 0 Å². The predicted molar refractivity (Wildman–Crippen MR) is 261 cm³/mol. The molecule has 0 aliphatic heterocycles. The Bertz CT molecular complexity index is 1120. The summed E-state index contributed by atoms with van der Waals surface area (Å²) >= 11 is 0. The third-order valence-electron chi connectivity index (χ3n) is 11.0. The average molecular weight is 853 g/mol. The molecule has 1 atom stereocenters. The number of allylic oxidation sites excluding steroid dienone is 10. The molecular weight excluding hydrogens is 757 g/mol. The Balaban J connectivity index is 4.45. The van der Waals surface area contributed by atoms with Crippen molar-refractivity contribution in [3.05, 3.63) is 60.8 Å². The van der Waals surface area contributed by atoms with Crippen molar-refractivity contribution < 1.29 is 28.6 Å². The number of rotatable bonds is 46. The van der Waals surface area contributed by atoms with Crippen LogP contribution in [0.25, 0.3) is 0 Å². The zero-order valence-electron chi connectivity index (χ0n) is 40.2. The number of ether oxygens (including phenoxy) is 3. The molecule has 61 heavy (non-hydrogen) atoms. The first-order chi connectivity index (χ1) is 30.0. The van der Waals surface area contributed by atoms with E-state index in [9.17, 15) is 14.4 Å². The summed E-state index contributed by atoms with van der Waals surface area (Å²) < 4.78 is 16.8. The second-order valence-electron chi connectivity index (χ2n) is 17.1. The molecule has 0 fully saturated rings. The van der Waals surface area contributed by atoms with E-state index in [-0.39, 0.29) is 31.1 Å². The summed E-state index contributed by atoms with van der Waals surface area (Å²) in [6, 6.07) is 0. The molecule has 0 aliphatic rings. The number of hydrogen-bond donors (Lipinski definition) is 0. The number of esters is 3. The molecule has 0 heterocycles. The van der Waals surface area contributed by atoms with Crippen molar-refractivity contribution >= 4 is 17.9 Å². The first-order valence-corrected chi connectivity index (χ1v) is 25.8. The summed E-state index contributed by atoms with van der Waals surface area (Å²) in [6.45, 7) is 6.53. The molecule has 0 spiro atoms. The number of hydrogen-bond acceptors (Lipinski definition) is 6. The SMILES string of the molecule is CCCC/C=C\C/C=C\CCCCCCCC(=O)O[C@@H](COC(=O)CCCC/C=C\C/C=C\C/C=C\CCCCC)COC(=O)CCCCCCCCCCCCCCCC. The summed E-state index contributed by atoms with van der Waals surface area (Å²) in [5.74, 6) is -0.940. The summed E-state index contributed by atoms with van der Waals surface area (Å²) in [6.07, 6.45) is 60.6. The van der Waals surface area contributed by atoms with Gasteiger partial charge in [-0.15, -0.1) is 0 Å². The lowest BCUT2D eigenvalue weighted by molar-refractivity contribution is -0.167. The lowest BCUT2D eigenvalue weighted by Crippen LogP contribution is -2.30. The molecular formula is C55H96O6. The molecule has 6 heteroatoms. The highest BCUT2D eigenvalue weighted by atomic mass is 16.6. The van der Waals surface area contributed by atoms with Crippen LogP contribution in [-0.2, 0) is 28.6 Å². The van der Waals surface area contributed by atoms with Gasteiger partial charge in [-0.2, -0.15) is 0 Å². The maximum Gasteiger partial charge on any atom is 0.306 e. The topological polar surface area (TPSA) is 78.9 Å². The van der Waals surface area contributed by atoms with Crippen molar-refractivity contribution in [2.45, 2.75) is 258 Å². The predicted octanol–water partition coefficient (Wildman–Crippen LogP) is 16.9. The standard InChI is InChI=1S/C55H96O6/c1-4-7-10-13-16-19-22-25-28-31-33-36-39-42-45-48-54(57)60-51-52(61-55(58)49-46-43-40-37-34-30-27-24-21-18-15-12-9-6-3)50-59-53(56)47-44-41-38-35-32-29-26-23-20-17-14-11-8-5-2/h15-16,18-19,24-25,27-28,33,36,52H,4-14,17,20-23,26,29-32,34-35,37-51H2,1-3H3/b18-15-,19-16-,27-24-,28-25-,36-33-/t52-/m1/s1. The lowest BCUT2D eigenvalue weighted by atomic mass is 10.0. The molecule has 0 aromatic carbocycles. The third-order valence-corrected chi connectivity index (χ3v) is 11.0. The van der Waals surface area contributed by atoms with Crippen LogP contribution in [0.1, 0.15) is 252 Å². The lowest BCUT2D eigenvalue weighted by Gasteiger charge is -2.18. The maximum absolute atomic E-state index is 12.8. The van der Waals surface area contributed by atoms with Gasteiger partial charge >= 0.3 is 17.9 Å². The second-order valence-corrected chi connectivity index (χ2v) is 17.1. The van der Waals surface area contributed by atoms with Crippen molar-refractivity contribution in [3.8, 4) is 0 Å². The molecule has 0 amide bonds. The largest absolute Gasteiger partial charge is 0.462 e. The number of unbranched alkanes of at least 4 members (excludes halogenated alkanes) is 25. The van der Waals surface area contributed by atoms with Crippen LogP contribution < -0.4 is 0 Å². The minimum absolute atomic E-state index is 0.0903. The van der Waals surface area contributed by atoms with E-state index in [0.29, 0.717) is 19.3 Å². The van der Waals surface area contributed by atoms with E-state index < -0.39 is 6.10 Å². The molecule has 0 rings (SSSR count). The van der Waals surface area contributed by atoms with Gasteiger partial charge in [0.1, 0.15) is 13.2 Å². The normalized spacial score (nSPS) is 12.5. The van der Waals surface area contributed by atoms with Crippen LogP contribution in [-0.4, -0.2) is 37.2 Å². The molecule has 0 unspecified atom stereocenters. The fourth-order valence-corrected chi connectivity index (χ4v) is 7.05. The van der Waals surface area contributed by atoms with Crippen LogP contribution in [0.15, 0.2) is 60.8 Å². The van der Waals surface area contributed by atoms with Gasteiger partial charge < -0.3 is 14.2 Å². The Labute approximate surface area is 377 Å². The van der Waals surface area contributed by atoms with Crippen molar-refractivity contribution in [2.24, 2.45) is 0 Å². The van der Waals surface area contributed by atoms with Crippen LogP contribution >= 0.6 is 0 Å². The van der Waals surface area contributed by atoms with Gasteiger partial charge in [0.25, 0.3) is 0 Å². The van der Waals surface area contributed by atoms with E-state index in [1.807, 2.05) is 0 Å². The minimum Gasteiger partial charge on any atom is -0.462 e. The molecule has 0 saturated carbocycles. The van der Waals surface area contributed by atoms with E-state index in [1.54, 1.807) is 0 Å².